The molecule has 3 aromatic rings. The maximum absolute atomic E-state index is 12.6. The normalized spacial score (nSPS) is 13.5. The number of benzene rings is 2. The van der Waals surface area contributed by atoms with Gasteiger partial charge in [-0.2, -0.15) is 0 Å². The fourth-order valence-corrected chi connectivity index (χ4v) is 4.47. The van der Waals surface area contributed by atoms with Crippen LogP contribution in [0.2, 0.25) is 0 Å². The lowest BCUT2D eigenvalue weighted by Crippen LogP contribution is -2.26. The second kappa shape index (κ2) is 13.0. The van der Waals surface area contributed by atoms with Gasteiger partial charge in [0.25, 0.3) is 0 Å². The van der Waals surface area contributed by atoms with E-state index in [1.165, 1.54) is 25.9 Å². The Balaban J connectivity index is 1.32. The summed E-state index contributed by atoms with van der Waals surface area (Å²) in [5.74, 6) is 2.27. The fourth-order valence-electron chi connectivity index (χ4n) is 4.47. The van der Waals surface area contributed by atoms with E-state index in [4.69, 9.17) is 14.5 Å². The van der Waals surface area contributed by atoms with E-state index in [0.717, 1.165) is 47.2 Å². The van der Waals surface area contributed by atoms with Gasteiger partial charge in [-0.25, -0.2) is 9.97 Å². The molecule has 1 saturated heterocycles. The van der Waals surface area contributed by atoms with Gasteiger partial charge in [-0.1, -0.05) is 24.3 Å². The summed E-state index contributed by atoms with van der Waals surface area (Å²) in [7, 11) is 3.47. The van der Waals surface area contributed by atoms with E-state index in [1.54, 1.807) is 25.3 Å². The van der Waals surface area contributed by atoms with Crippen molar-refractivity contribution >= 4 is 11.6 Å². The average molecular weight is 489 g/mol. The highest BCUT2D eigenvalue weighted by Crippen LogP contribution is 2.29. The van der Waals surface area contributed by atoms with Crippen LogP contribution in [0, 0.1) is 0 Å². The molecule has 1 aliphatic rings. The number of rotatable bonds is 12. The molecule has 1 aliphatic heterocycles. The molecule has 2 heterocycles. The Morgan fingerprint density at radius 2 is 1.86 bits per heavy atom. The third kappa shape index (κ3) is 7.28. The molecule has 0 saturated carbocycles. The van der Waals surface area contributed by atoms with Crippen LogP contribution >= 0.6 is 0 Å². The van der Waals surface area contributed by atoms with Crippen molar-refractivity contribution in [2.45, 2.75) is 38.5 Å². The zero-order valence-corrected chi connectivity index (χ0v) is 21.4. The molecule has 36 heavy (non-hydrogen) atoms. The summed E-state index contributed by atoms with van der Waals surface area (Å²) < 4.78 is 11.6. The van der Waals surface area contributed by atoms with Crippen LogP contribution in [-0.2, 0) is 17.6 Å². The monoisotopic (exact) mass is 488 g/mol. The standard InChI is InChI=1S/C29H36N4O3/c1-32(25-9-4-3-5-10-25)29(34)14-12-24-15-16-30-28(31-24)22-23-11-13-26(35-2)27(21-23)36-20-8-19-33-17-6-7-18-33/h3-5,9-11,13,15-16,21H,6-8,12,14,17-20,22H2,1-2H3. The summed E-state index contributed by atoms with van der Waals surface area (Å²) >= 11 is 0. The van der Waals surface area contributed by atoms with Crippen molar-refractivity contribution in [2.75, 3.05) is 45.3 Å². The lowest BCUT2D eigenvalue weighted by atomic mass is 10.1. The predicted molar refractivity (Wildman–Crippen MR) is 142 cm³/mol. The highest BCUT2D eigenvalue weighted by atomic mass is 16.5. The Kier molecular flexibility index (Phi) is 9.27. The zero-order valence-electron chi connectivity index (χ0n) is 21.4. The molecular formula is C29H36N4O3. The maximum Gasteiger partial charge on any atom is 0.227 e. The minimum atomic E-state index is 0.0584. The molecule has 0 atom stereocenters. The first-order valence-corrected chi connectivity index (χ1v) is 12.8. The van der Waals surface area contributed by atoms with Gasteiger partial charge in [0.2, 0.25) is 5.91 Å². The molecule has 1 fully saturated rings. The van der Waals surface area contributed by atoms with Crippen LogP contribution in [-0.4, -0.2) is 61.2 Å². The molecule has 0 bridgehead atoms. The first kappa shape index (κ1) is 25.6. The average Bonchev–Trinajstić information content (AvgIpc) is 3.44. The summed E-state index contributed by atoms with van der Waals surface area (Å²) in [6.45, 7) is 4.14. The van der Waals surface area contributed by atoms with Crippen LogP contribution in [0.4, 0.5) is 5.69 Å². The van der Waals surface area contributed by atoms with Gasteiger partial charge in [-0.15, -0.1) is 0 Å². The van der Waals surface area contributed by atoms with Crippen molar-refractivity contribution < 1.29 is 14.3 Å². The minimum absolute atomic E-state index is 0.0584. The van der Waals surface area contributed by atoms with Gasteiger partial charge in [0.1, 0.15) is 5.82 Å². The van der Waals surface area contributed by atoms with Crippen molar-refractivity contribution in [3.63, 3.8) is 0 Å². The molecule has 7 heteroatoms. The third-order valence-corrected chi connectivity index (χ3v) is 6.54. The molecule has 1 aromatic heterocycles. The maximum atomic E-state index is 12.6. The minimum Gasteiger partial charge on any atom is -0.493 e. The number of hydrogen-bond donors (Lipinski definition) is 0. The fraction of sp³-hybridized carbons (Fsp3) is 0.414. The van der Waals surface area contributed by atoms with Crippen LogP contribution in [0.1, 0.15) is 42.8 Å². The Labute approximate surface area is 214 Å². The van der Waals surface area contributed by atoms with E-state index in [0.29, 0.717) is 25.9 Å². The van der Waals surface area contributed by atoms with E-state index in [9.17, 15) is 4.79 Å². The number of ether oxygens (including phenoxy) is 2. The number of aryl methyl sites for hydroxylation is 1. The third-order valence-electron chi connectivity index (χ3n) is 6.54. The number of carbonyl (C=O) groups excluding carboxylic acids is 1. The van der Waals surface area contributed by atoms with Crippen LogP contribution in [0.5, 0.6) is 11.5 Å². The number of hydrogen-bond acceptors (Lipinski definition) is 6. The highest BCUT2D eigenvalue weighted by Gasteiger charge is 2.13. The van der Waals surface area contributed by atoms with Gasteiger partial charge in [0, 0.05) is 44.0 Å². The summed E-state index contributed by atoms with van der Waals surface area (Å²) in [6, 6.07) is 17.5. The van der Waals surface area contributed by atoms with Gasteiger partial charge in [0.05, 0.1) is 13.7 Å². The summed E-state index contributed by atoms with van der Waals surface area (Å²) in [4.78, 5) is 26.0. The first-order chi connectivity index (χ1) is 17.6. The van der Waals surface area contributed by atoms with Gasteiger partial charge in [0.15, 0.2) is 11.5 Å². The lowest BCUT2D eigenvalue weighted by molar-refractivity contribution is -0.118. The van der Waals surface area contributed by atoms with Crippen molar-refractivity contribution in [3.8, 4) is 11.5 Å². The molecule has 0 radical (unpaired) electrons. The molecule has 0 spiro atoms. The molecule has 190 valence electrons. The molecule has 4 rings (SSSR count). The van der Waals surface area contributed by atoms with E-state index < -0.39 is 0 Å². The SMILES string of the molecule is COc1ccc(Cc2nccc(CCC(=O)N(C)c3ccccc3)n2)cc1OCCCN1CCCC1. The van der Waals surface area contributed by atoms with E-state index in [2.05, 4.69) is 9.88 Å². The molecule has 0 aliphatic carbocycles. The Bertz CT molecular complexity index is 1120. The highest BCUT2D eigenvalue weighted by molar-refractivity contribution is 5.92. The summed E-state index contributed by atoms with van der Waals surface area (Å²) in [5.41, 5.74) is 2.81. The summed E-state index contributed by atoms with van der Waals surface area (Å²) in [5, 5.41) is 0. The molecular weight excluding hydrogens is 452 g/mol. The summed E-state index contributed by atoms with van der Waals surface area (Å²) in [6.07, 6.45) is 6.92. The Morgan fingerprint density at radius 1 is 1.06 bits per heavy atom. The van der Waals surface area contributed by atoms with Gasteiger partial charge >= 0.3 is 0 Å². The number of aromatic nitrogens is 2. The smallest absolute Gasteiger partial charge is 0.227 e. The number of amides is 1. The van der Waals surface area contributed by atoms with Crippen molar-refractivity contribution in [2.24, 2.45) is 0 Å². The van der Waals surface area contributed by atoms with Gasteiger partial charge in [-0.3, -0.25) is 4.79 Å². The molecule has 0 N–H and O–H groups in total. The van der Waals surface area contributed by atoms with Crippen LogP contribution < -0.4 is 14.4 Å². The second-order valence-electron chi connectivity index (χ2n) is 9.17. The topological polar surface area (TPSA) is 67.8 Å². The van der Waals surface area contributed by atoms with Crippen molar-refractivity contribution in [1.82, 2.24) is 14.9 Å². The molecule has 2 aromatic carbocycles. The van der Waals surface area contributed by atoms with E-state index >= 15 is 0 Å². The van der Waals surface area contributed by atoms with Crippen LogP contribution in [0.15, 0.2) is 60.8 Å². The number of anilines is 1. The molecule has 0 unspecified atom stereocenters. The quantitative estimate of drug-likeness (QED) is 0.349. The predicted octanol–water partition coefficient (Wildman–Crippen LogP) is 4.54. The second-order valence-corrected chi connectivity index (χ2v) is 9.17. The Hall–Kier alpha value is -3.45. The van der Waals surface area contributed by atoms with Gasteiger partial charge < -0.3 is 19.3 Å². The largest absolute Gasteiger partial charge is 0.493 e. The van der Waals surface area contributed by atoms with Crippen molar-refractivity contribution in [3.05, 3.63) is 77.9 Å². The Morgan fingerprint density at radius 3 is 2.64 bits per heavy atom. The van der Waals surface area contributed by atoms with Crippen LogP contribution in [0.3, 0.4) is 0 Å². The van der Waals surface area contributed by atoms with Crippen LogP contribution in [0.25, 0.3) is 0 Å². The molecule has 7 nitrogen and oxygen atoms in total. The van der Waals surface area contributed by atoms with E-state index in [-0.39, 0.29) is 5.91 Å². The van der Waals surface area contributed by atoms with E-state index in [1.807, 2.05) is 54.6 Å². The number of carbonyl (C=O) groups is 1. The van der Waals surface area contributed by atoms with Gasteiger partial charge in [-0.05, 0) is 74.7 Å². The number of para-hydroxylation sites is 1. The number of nitrogens with zero attached hydrogens (tertiary/aromatic N) is 4. The van der Waals surface area contributed by atoms with Crippen molar-refractivity contribution in [1.29, 1.82) is 0 Å². The number of likely N-dealkylation sites (tertiary alicyclic amines) is 1. The lowest BCUT2D eigenvalue weighted by Gasteiger charge is -2.17. The zero-order chi connectivity index (χ0) is 25.2. The molecule has 1 amide bonds. The number of methoxy groups -OCH3 is 1. The first-order valence-electron chi connectivity index (χ1n) is 12.8.